The summed E-state index contributed by atoms with van der Waals surface area (Å²) >= 11 is 0. The van der Waals surface area contributed by atoms with Gasteiger partial charge in [-0.15, -0.1) is 0 Å². The second-order valence-corrected chi connectivity index (χ2v) is 3.58. The van der Waals surface area contributed by atoms with Gasteiger partial charge in [-0.1, -0.05) is 0 Å². The lowest BCUT2D eigenvalue weighted by atomic mass is 10.1. The second kappa shape index (κ2) is 4.45. The number of hydrogen-bond acceptors (Lipinski definition) is 3. The predicted octanol–water partition coefficient (Wildman–Crippen LogP) is 1.69. The minimum atomic E-state index is 0.621. The number of nitrogens with two attached hydrogens (primary N) is 1. The molecule has 0 aliphatic heterocycles. The Morgan fingerprint density at radius 1 is 1.31 bits per heavy atom. The first-order chi connectivity index (χ1) is 7.81. The summed E-state index contributed by atoms with van der Waals surface area (Å²) in [6.07, 6.45) is 2.72. The van der Waals surface area contributed by atoms with E-state index in [1.54, 1.807) is 14.2 Å². The standard InChI is InChI=1S/C12H16N2O2/c1-15-10-7-8(3-5-13)9-4-6-14-11(9)12(10)16-2/h4,6-7,14H,3,5,13H2,1-2H3. The molecule has 0 aliphatic rings. The average Bonchev–Trinajstić information content (AvgIpc) is 2.78. The van der Waals surface area contributed by atoms with Crippen molar-refractivity contribution in [3.63, 3.8) is 0 Å². The zero-order valence-electron chi connectivity index (χ0n) is 9.54. The number of rotatable bonds is 4. The third-order valence-corrected chi connectivity index (χ3v) is 2.69. The zero-order chi connectivity index (χ0) is 11.5. The van der Waals surface area contributed by atoms with E-state index in [9.17, 15) is 0 Å². The van der Waals surface area contributed by atoms with Crippen LogP contribution in [0, 0.1) is 0 Å². The molecule has 0 radical (unpaired) electrons. The number of methoxy groups -OCH3 is 2. The van der Waals surface area contributed by atoms with Gasteiger partial charge < -0.3 is 20.2 Å². The van der Waals surface area contributed by atoms with Crippen molar-refractivity contribution in [3.8, 4) is 11.5 Å². The van der Waals surface area contributed by atoms with Gasteiger partial charge in [-0.05, 0) is 30.7 Å². The first kappa shape index (κ1) is 10.8. The number of fused-ring (bicyclic) bond motifs is 1. The van der Waals surface area contributed by atoms with Crippen LogP contribution in [-0.4, -0.2) is 25.7 Å². The predicted molar refractivity (Wildman–Crippen MR) is 64.2 cm³/mol. The van der Waals surface area contributed by atoms with E-state index in [0.717, 1.165) is 28.8 Å². The van der Waals surface area contributed by atoms with Crippen molar-refractivity contribution in [1.82, 2.24) is 4.98 Å². The third-order valence-electron chi connectivity index (χ3n) is 2.69. The van der Waals surface area contributed by atoms with Crippen LogP contribution in [-0.2, 0) is 6.42 Å². The van der Waals surface area contributed by atoms with Gasteiger partial charge in [0.25, 0.3) is 0 Å². The van der Waals surface area contributed by atoms with E-state index in [4.69, 9.17) is 15.2 Å². The fourth-order valence-corrected chi connectivity index (χ4v) is 1.97. The third kappa shape index (κ3) is 1.61. The van der Waals surface area contributed by atoms with Crippen LogP contribution in [0.3, 0.4) is 0 Å². The summed E-state index contributed by atoms with van der Waals surface area (Å²) in [6, 6.07) is 4.02. The molecular formula is C12H16N2O2. The molecule has 0 atom stereocenters. The molecule has 0 bridgehead atoms. The summed E-state index contributed by atoms with van der Waals surface area (Å²) in [5, 5.41) is 1.14. The number of benzene rings is 1. The van der Waals surface area contributed by atoms with Crippen LogP contribution in [0.2, 0.25) is 0 Å². The highest BCUT2D eigenvalue weighted by atomic mass is 16.5. The van der Waals surface area contributed by atoms with Gasteiger partial charge in [0.1, 0.15) is 0 Å². The highest BCUT2D eigenvalue weighted by molar-refractivity contribution is 5.90. The SMILES string of the molecule is COc1cc(CCN)c2cc[nH]c2c1OC. The molecule has 1 aromatic heterocycles. The lowest BCUT2D eigenvalue weighted by molar-refractivity contribution is 0.357. The maximum absolute atomic E-state index is 5.60. The molecule has 0 fully saturated rings. The summed E-state index contributed by atoms with van der Waals surface area (Å²) < 4.78 is 10.7. The minimum Gasteiger partial charge on any atom is -0.493 e. The molecule has 0 spiro atoms. The molecule has 1 aromatic carbocycles. The van der Waals surface area contributed by atoms with Gasteiger partial charge in [0.2, 0.25) is 0 Å². The van der Waals surface area contributed by atoms with Crippen molar-refractivity contribution in [3.05, 3.63) is 23.9 Å². The lowest BCUT2D eigenvalue weighted by Crippen LogP contribution is -2.04. The van der Waals surface area contributed by atoms with Crippen molar-refractivity contribution >= 4 is 10.9 Å². The topological polar surface area (TPSA) is 60.3 Å². The second-order valence-electron chi connectivity index (χ2n) is 3.58. The fraction of sp³-hybridized carbons (Fsp3) is 0.333. The zero-order valence-corrected chi connectivity index (χ0v) is 9.54. The Morgan fingerprint density at radius 2 is 2.12 bits per heavy atom. The Labute approximate surface area is 94.3 Å². The maximum atomic E-state index is 5.60. The molecule has 0 saturated carbocycles. The molecule has 4 nitrogen and oxygen atoms in total. The monoisotopic (exact) mass is 220 g/mol. The first-order valence-corrected chi connectivity index (χ1v) is 5.22. The van der Waals surface area contributed by atoms with Crippen LogP contribution < -0.4 is 15.2 Å². The molecule has 1 heterocycles. The highest BCUT2D eigenvalue weighted by Gasteiger charge is 2.13. The quantitative estimate of drug-likeness (QED) is 0.824. The molecule has 2 aromatic rings. The summed E-state index contributed by atoms with van der Waals surface area (Å²) in [5.41, 5.74) is 7.74. The van der Waals surface area contributed by atoms with Gasteiger partial charge in [-0.25, -0.2) is 0 Å². The van der Waals surface area contributed by atoms with Crippen molar-refractivity contribution < 1.29 is 9.47 Å². The van der Waals surface area contributed by atoms with Crippen LogP contribution in [0.5, 0.6) is 11.5 Å². The number of aromatic nitrogens is 1. The van der Waals surface area contributed by atoms with E-state index >= 15 is 0 Å². The van der Waals surface area contributed by atoms with Gasteiger partial charge in [0.05, 0.1) is 19.7 Å². The van der Waals surface area contributed by atoms with E-state index in [0.29, 0.717) is 6.54 Å². The normalized spacial score (nSPS) is 10.7. The van der Waals surface area contributed by atoms with Gasteiger partial charge in [0.15, 0.2) is 11.5 Å². The molecule has 0 amide bonds. The lowest BCUT2D eigenvalue weighted by Gasteiger charge is -2.11. The molecular weight excluding hydrogens is 204 g/mol. The Bertz CT molecular complexity index is 491. The first-order valence-electron chi connectivity index (χ1n) is 5.22. The van der Waals surface area contributed by atoms with Gasteiger partial charge in [-0.2, -0.15) is 0 Å². The minimum absolute atomic E-state index is 0.621. The summed E-state index contributed by atoms with van der Waals surface area (Å²) in [5.74, 6) is 1.48. The highest BCUT2D eigenvalue weighted by Crippen LogP contribution is 2.36. The van der Waals surface area contributed by atoms with Crippen LogP contribution in [0.25, 0.3) is 10.9 Å². The molecule has 0 saturated heterocycles. The number of H-pyrrole nitrogens is 1. The summed E-state index contributed by atoms with van der Waals surface area (Å²) in [4.78, 5) is 3.17. The Hall–Kier alpha value is -1.68. The molecule has 16 heavy (non-hydrogen) atoms. The Kier molecular flexibility index (Phi) is 3.01. The Morgan fingerprint density at radius 3 is 2.75 bits per heavy atom. The van der Waals surface area contributed by atoms with Crippen molar-refractivity contribution in [2.24, 2.45) is 5.73 Å². The van der Waals surface area contributed by atoms with Crippen molar-refractivity contribution in [2.45, 2.75) is 6.42 Å². The average molecular weight is 220 g/mol. The number of hydrogen-bond donors (Lipinski definition) is 2. The largest absolute Gasteiger partial charge is 0.493 e. The molecule has 86 valence electrons. The van der Waals surface area contributed by atoms with E-state index in [2.05, 4.69) is 4.98 Å². The fourth-order valence-electron chi connectivity index (χ4n) is 1.97. The summed E-state index contributed by atoms with van der Waals surface area (Å²) in [6.45, 7) is 0.621. The molecule has 2 rings (SSSR count). The Balaban J connectivity index is 2.68. The number of aromatic amines is 1. The number of ether oxygens (including phenoxy) is 2. The van der Waals surface area contributed by atoms with Crippen LogP contribution in [0.15, 0.2) is 18.3 Å². The molecule has 3 N–H and O–H groups in total. The molecule has 0 aliphatic carbocycles. The summed E-state index contributed by atoms with van der Waals surface area (Å²) in [7, 11) is 3.28. The van der Waals surface area contributed by atoms with Gasteiger partial charge in [0, 0.05) is 11.6 Å². The van der Waals surface area contributed by atoms with Crippen LogP contribution in [0.1, 0.15) is 5.56 Å². The van der Waals surface area contributed by atoms with Crippen LogP contribution >= 0.6 is 0 Å². The van der Waals surface area contributed by atoms with Crippen LogP contribution in [0.4, 0.5) is 0 Å². The molecule has 4 heteroatoms. The van der Waals surface area contributed by atoms with Crippen molar-refractivity contribution in [1.29, 1.82) is 0 Å². The van der Waals surface area contributed by atoms with E-state index < -0.39 is 0 Å². The van der Waals surface area contributed by atoms with Gasteiger partial charge in [-0.3, -0.25) is 0 Å². The van der Waals surface area contributed by atoms with E-state index in [1.807, 2.05) is 18.3 Å². The van der Waals surface area contributed by atoms with E-state index in [-0.39, 0.29) is 0 Å². The van der Waals surface area contributed by atoms with Gasteiger partial charge >= 0.3 is 0 Å². The molecule has 0 unspecified atom stereocenters. The maximum Gasteiger partial charge on any atom is 0.184 e. The number of nitrogens with one attached hydrogen (secondary N) is 1. The smallest absolute Gasteiger partial charge is 0.184 e. The van der Waals surface area contributed by atoms with E-state index in [1.165, 1.54) is 5.56 Å². The van der Waals surface area contributed by atoms with Crippen molar-refractivity contribution in [2.75, 3.05) is 20.8 Å².